The number of anilines is 1. The van der Waals surface area contributed by atoms with Crippen LogP contribution in [0.25, 0.3) is 0 Å². The van der Waals surface area contributed by atoms with Gasteiger partial charge in [-0.1, -0.05) is 16.1 Å². The molecule has 2 aromatic rings. The standard InChI is InChI=1S/C10H9ClN4O3S2/c1-5-2-6(20(12,17)18)3-7(11)9(5)14-10(16)8-4-13-15-19-8/h2-4H,1H3,(H,14,16)(H2,12,17,18). The van der Waals surface area contributed by atoms with Crippen molar-refractivity contribution in [2.24, 2.45) is 5.14 Å². The Morgan fingerprint density at radius 3 is 2.65 bits per heavy atom. The molecule has 0 radical (unpaired) electrons. The van der Waals surface area contributed by atoms with Crippen LogP contribution in [0.1, 0.15) is 15.2 Å². The first-order chi connectivity index (χ1) is 9.29. The predicted octanol–water partition coefficient (Wildman–Crippen LogP) is 1.40. The van der Waals surface area contributed by atoms with E-state index in [1.54, 1.807) is 6.92 Å². The fourth-order valence-electron chi connectivity index (χ4n) is 1.48. The zero-order valence-electron chi connectivity index (χ0n) is 10.1. The highest BCUT2D eigenvalue weighted by atomic mass is 35.5. The van der Waals surface area contributed by atoms with Crippen molar-refractivity contribution in [1.82, 2.24) is 9.59 Å². The Labute approximate surface area is 124 Å². The van der Waals surface area contributed by atoms with Crippen molar-refractivity contribution in [3.63, 3.8) is 0 Å². The molecular formula is C10H9ClN4O3S2. The van der Waals surface area contributed by atoms with E-state index in [9.17, 15) is 13.2 Å². The second kappa shape index (κ2) is 5.44. The molecule has 0 unspecified atom stereocenters. The first-order valence-electron chi connectivity index (χ1n) is 5.20. The van der Waals surface area contributed by atoms with E-state index in [0.29, 0.717) is 16.1 Å². The number of aryl methyl sites for hydroxylation is 1. The summed E-state index contributed by atoms with van der Waals surface area (Å²) >= 11 is 6.92. The topological polar surface area (TPSA) is 115 Å². The summed E-state index contributed by atoms with van der Waals surface area (Å²) < 4.78 is 26.1. The predicted molar refractivity (Wildman–Crippen MR) is 75.4 cm³/mol. The van der Waals surface area contributed by atoms with E-state index in [-0.39, 0.29) is 9.92 Å². The van der Waals surface area contributed by atoms with Crippen LogP contribution in [0, 0.1) is 6.92 Å². The molecule has 7 nitrogen and oxygen atoms in total. The number of amides is 1. The fourth-order valence-corrected chi connectivity index (χ4v) is 2.89. The van der Waals surface area contributed by atoms with Crippen molar-refractivity contribution >= 4 is 44.8 Å². The summed E-state index contributed by atoms with van der Waals surface area (Å²) in [6, 6.07) is 2.52. The van der Waals surface area contributed by atoms with Crippen LogP contribution >= 0.6 is 23.1 Å². The number of carbonyl (C=O) groups excluding carboxylic acids is 1. The highest BCUT2D eigenvalue weighted by Gasteiger charge is 2.16. The minimum absolute atomic E-state index is 0.0832. The van der Waals surface area contributed by atoms with Crippen LogP contribution in [0.2, 0.25) is 5.02 Å². The number of nitrogens with two attached hydrogens (primary N) is 1. The molecule has 0 aliphatic rings. The van der Waals surface area contributed by atoms with E-state index in [2.05, 4.69) is 14.9 Å². The van der Waals surface area contributed by atoms with Gasteiger partial charge >= 0.3 is 0 Å². The third kappa shape index (κ3) is 3.12. The molecule has 1 amide bonds. The number of primary sulfonamides is 1. The number of rotatable bonds is 3. The van der Waals surface area contributed by atoms with Gasteiger partial charge in [-0.3, -0.25) is 4.79 Å². The highest BCUT2D eigenvalue weighted by molar-refractivity contribution is 7.89. The van der Waals surface area contributed by atoms with Crippen LogP contribution in [-0.4, -0.2) is 23.9 Å². The molecule has 1 aromatic carbocycles. The van der Waals surface area contributed by atoms with Crippen LogP contribution in [0.3, 0.4) is 0 Å². The van der Waals surface area contributed by atoms with E-state index in [1.165, 1.54) is 18.3 Å². The van der Waals surface area contributed by atoms with Gasteiger partial charge in [-0.15, -0.1) is 5.10 Å². The molecule has 0 fully saturated rings. The zero-order valence-corrected chi connectivity index (χ0v) is 12.5. The number of hydrogen-bond donors (Lipinski definition) is 2. The van der Waals surface area contributed by atoms with Gasteiger partial charge in [-0.25, -0.2) is 13.6 Å². The molecule has 0 spiro atoms. The summed E-state index contributed by atoms with van der Waals surface area (Å²) in [6.45, 7) is 1.61. The number of halogens is 1. The number of nitrogens with one attached hydrogen (secondary N) is 1. The highest BCUT2D eigenvalue weighted by Crippen LogP contribution is 2.29. The molecule has 2 rings (SSSR count). The van der Waals surface area contributed by atoms with E-state index in [1.807, 2.05) is 0 Å². The Morgan fingerprint density at radius 2 is 2.15 bits per heavy atom. The molecule has 0 atom stereocenters. The van der Waals surface area contributed by atoms with Crippen molar-refractivity contribution in [3.8, 4) is 0 Å². The normalized spacial score (nSPS) is 11.3. The molecule has 1 heterocycles. The number of nitrogens with zero attached hydrogens (tertiary/aromatic N) is 2. The van der Waals surface area contributed by atoms with Gasteiger partial charge in [-0.05, 0) is 36.2 Å². The van der Waals surface area contributed by atoms with Gasteiger partial charge < -0.3 is 5.32 Å². The Bertz CT molecular complexity index is 736. The lowest BCUT2D eigenvalue weighted by Gasteiger charge is -2.11. The molecule has 10 heteroatoms. The van der Waals surface area contributed by atoms with Gasteiger partial charge in [0.2, 0.25) is 10.0 Å². The van der Waals surface area contributed by atoms with E-state index in [4.69, 9.17) is 16.7 Å². The molecule has 0 saturated heterocycles. The number of aromatic nitrogens is 2. The lowest BCUT2D eigenvalue weighted by molar-refractivity contribution is 0.103. The molecule has 0 bridgehead atoms. The molecule has 0 aliphatic carbocycles. The molecule has 20 heavy (non-hydrogen) atoms. The van der Waals surface area contributed by atoms with Crippen molar-refractivity contribution in [1.29, 1.82) is 0 Å². The average Bonchev–Trinajstić information content (AvgIpc) is 2.85. The maximum absolute atomic E-state index is 11.9. The van der Waals surface area contributed by atoms with E-state index < -0.39 is 15.9 Å². The first kappa shape index (κ1) is 14.9. The van der Waals surface area contributed by atoms with Crippen molar-refractivity contribution in [3.05, 3.63) is 33.8 Å². The molecule has 0 saturated carbocycles. The first-order valence-corrected chi connectivity index (χ1v) is 7.90. The molecule has 0 aliphatic heterocycles. The summed E-state index contributed by atoms with van der Waals surface area (Å²) in [5.41, 5.74) is 0.796. The summed E-state index contributed by atoms with van der Waals surface area (Å²) in [5, 5.41) is 11.3. The Morgan fingerprint density at radius 1 is 1.45 bits per heavy atom. The number of sulfonamides is 1. The lowest BCUT2D eigenvalue weighted by atomic mass is 10.2. The summed E-state index contributed by atoms with van der Waals surface area (Å²) in [4.78, 5) is 12.1. The van der Waals surface area contributed by atoms with Gasteiger partial charge in [0.05, 0.1) is 21.8 Å². The Kier molecular flexibility index (Phi) is 4.04. The quantitative estimate of drug-likeness (QED) is 0.881. The van der Waals surface area contributed by atoms with E-state index >= 15 is 0 Å². The number of carbonyl (C=O) groups is 1. The maximum Gasteiger partial charge on any atom is 0.269 e. The SMILES string of the molecule is Cc1cc(S(N)(=O)=O)cc(Cl)c1NC(=O)c1cnns1. The fraction of sp³-hybridized carbons (Fsp3) is 0.100. The monoisotopic (exact) mass is 332 g/mol. The van der Waals surface area contributed by atoms with Gasteiger partial charge in [-0.2, -0.15) is 0 Å². The molecule has 3 N–H and O–H groups in total. The number of hydrogen-bond acceptors (Lipinski definition) is 6. The third-order valence-electron chi connectivity index (χ3n) is 2.41. The lowest BCUT2D eigenvalue weighted by Crippen LogP contribution is -2.15. The number of benzene rings is 1. The van der Waals surface area contributed by atoms with Crippen LogP contribution in [0.15, 0.2) is 23.2 Å². The third-order valence-corrected chi connectivity index (χ3v) is 4.27. The zero-order chi connectivity index (χ0) is 14.9. The van der Waals surface area contributed by atoms with E-state index in [0.717, 1.165) is 11.5 Å². The smallest absolute Gasteiger partial charge is 0.269 e. The van der Waals surface area contributed by atoms with Crippen LogP contribution in [0.5, 0.6) is 0 Å². The summed E-state index contributed by atoms with van der Waals surface area (Å²) in [5.74, 6) is -0.423. The van der Waals surface area contributed by atoms with Crippen LogP contribution in [-0.2, 0) is 10.0 Å². The maximum atomic E-state index is 11.9. The molecule has 106 valence electrons. The van der Waals surface area contributed by atoms with Gasteiger partial charge in [0.25, 0.3) is 5.91 Å². The van der Waals surface area contributed by atoms with Crippen molar-refractivity contribution in [2.45, 2.75) is 11.8 Å². The van der Waals surface area contributed by atoms with Crippen molar-refractivity contribution in [2.75, 3.05) is 5.32 Å². The average molecular weight is 333 g/mol. The van der Waals surface area contributed by atoms with Crippen LogP contribution < -0.4 is 10.5 Å². The molecule has 1 aromatic heterocycles. The molecular weight excluding hydrogens is 324 g/mol. The Balaban J connectivity index is 2.37. The van der Waals surface area contributed by atoms with Crippen LogP contribution in [0.4, 0.5) is 5.69 Å². The Hall–Kier alpha value is -1.55. The summed E-state index contributed by atoms with van der Waals surface area (Å²) in [6.07, 6.45) is 1.32. The van der Waals surface area contributed by atoms with Gasteiger partial charge in [0.1, 0.15) is 4.88 Å². The second-order valence-electron chi connectivity index (χ2n) is 3.88. The summed E-state index contributed by atoms with van der Waals surface area (Å²) in [7, 11) is -3.85. The van der Waals surface area contributed by atoms with Gasteiger partial charge in [0.15, 0.2) is 0 Å². The minimum atomic E-state index is -3.85. The van der Waals surface area contributed by atoms with Crippen molar-refractivity contribution < 1.29 is 13.2 Å². The minimum Gasteiger partial charge on any atom is -0.320 e. The second-order valence-corrected chi connectivity index (χ2v) is 6.63. The van der Waals surface area contributed by atoms with Gasteiger partial charge in [0, 0.05) is 0 Å². The largest absolute Gasteiger partial charge is 0.320 e.